The summed E-state index contributed by atoms with van der Waals surface area (Å²) in [5.74, 6) is -0.155. The number of rotatable bonds is 2. The summed E-state index contributed by atoms with van der Waals surface area (Å²) in [4.78, 5) is 42.9. The predicted octanol–water partition coefficient (Wildman–Crippen LogP) is 0.889. The van der Waals surface area contributed by atoms with Crippen molar-refractivity contribution in [3.05, 3.63) is 30.2 Å². The Morgan fingerprint density at radius 3 is 2.90 bits per heavy atom. The van der Waals surface area contributed by atoms with E-state index in [1.165, 1.54) is 11.1 Å². The van der Waals surface area contributed by atoms with Crippen LogP contribution in [0.2, 0.25) is 0 Å². The monoisotopic (exact) mass is 270 g/mol. The number of fused-ring (bicyclic) bond motifs is 1. The first-order valence-electron chi connectivity index (χ1n) is 6.01. The first kappa shape index (κ1) is 12.2. The molecule has 1 aromatic carbocycles. The summed E-state index contributed by atoms with van der Waals surface area (Å²) < 4.78 is 0. The number of imide groups is 1. The van der Waals surface area contributed by atoms with Gasteiger partial charge in [-0.1, -0.05) is 0 Å². The van der Waals surface area contributed by atoms with Crippen molar-refractivity contribution in [3.63, 3.8) is 0 Å². The second kappa shape index (κ2) is 4.69. The highest BCUT2D eigenvalue weighted by Crippen LogP contribution is 2.22. The van der Waals surface area contributed by atoms with Crippen LogP contribution in [0.3, 0.4) is 0 Å². The number of carbonyl (C=O) groups is 3. The van der Waals surface area contributed by atoms with Crippen molar-refractivity contribution in [1.82, 2.24) is 15.3 Å². The number of carbonyl (C=O) groups excluding carboxylic acids is 3. The molecule has 3 rings (SSSR count). The predicted molar refractivity (Wildman–Crippen MR) is 70.4 cm³/mol. The Hall–Kier alpha value is -2.83. The molecule has 1 fully saturated rings. The van der Waals surface area contributed by atoms with Crippen molar-refractivity contribution in [1.29, 1.82) is 0 Å². The van der Waals surface area contributed by atoms with E-state index in [0.717, 1.165) is 5.39 Å². The lowest BCUT2D eigenvalue weighted by Crippen LogP contribution is -2.49. The van der Waals surface area contributed by atoms with Crippen LogP contribution in [-0.4, -0.2) is 34.7 Å². The maximum absolute atomic E-state index is 11.8. The third kappa shape index (κ3) is 2.09. The number of aromatic nitrogens is 2. The van der Waals surface area contributed by atoms with Crippen LogP contribution in [0.5, 0.6) is 0 Å². The molecule has 0 atom stereocenters. The summed E-state index contributed by atoms with van der Waals surface area (Å²) in [6, 6.07) is 4.74. The lowest BCUT2D eigenvalue weighted by molar-refractivity contribution is -0.120. The number of anilines is 1. The SMILES string of the molecule is O=Cc1ncc2cc(N3CCC(=O)NC3=O)ccc2n1. The zero-order valence-corrected chi connectivity index (χ0v) is 10.4. The van der Waals surface area contributed by atoms with Crippen molar-refractivity contribution in [2.45, 2.75) is 6.42 Å². The van der Waals surface area contributed by atoms with Crippen molar-refractivity contribution < 1.29 is 14.4 Å². The van der Waals surface area contributed by atoms with Gasteiger partial charge in [0.15, 0.2) is 12.1 Å². The van der Waals surface area contributed by atoms with Gasteiger partial charge in [0, 0.05) is 30.2 Å². The minimum absolute atomic E-state index is 0.117. The largest absolute Gasteiger partial charge is 0.328 e. The summed E-state index contributed by atoms with van der Waals surface area (Å²) in [6.45, 7) is 0.337. The van der Waals surface area contributed by atoms with Crippen LogP contribution >= 0.6 is 0 Å². The molecule has 7 nitrogen and oxygen atoms in total. The molecule has 0 radical (unpaired) electrons. The van der Waals surface area contributed by atoms with Gasteiger partial charge in [-0.25, -0.2) is 14.8 Å². The second-order valence-corrected chi connectivity index (χ2v) is 4.34. The number of nitrogens with zero attached hydrogens (tertiary/aromatic N) is 3. The molecule has 0 aliphatic carbocycles. The average molecular weight is 270 g/mol. The molecular weight excluding hydrogens is 260 g/mol. The van der Waals surface area contributed by atoms with Crippen LogP contribution in [0.4, 0.5) is 10.5 Å². The molecule has 1 N–H and O–H groups in total. The molecule has 1 aliphatic rings. The third-order valence-electron chi connectivity index (χ3n) is 3.05. The van der Waals surface area contributed by atoms with Crippen LogP contribution in [0.1, 0.15) is 17.0 Å². The van der Waals surface area contributed by atoms with E-state index < -0.39 is 6.03 Å². The Morgan fingerprint density at radius 1 is 1.30 bits per heavy atom. The molecule has 0 bridgehead atoms. The van der Waals surface area contributed by atoms with Crippen molar-refractivity contribution >= 4 is 34.8 Å². The van der Waals surface area contributed by atoms with Gasteiger partial charge >= 0.3 is 6.03 Å². The standard InChI is InChI=1S/C13H10N4O3/c18-7-11-14-6-8-5-9(1-2-10(8)15-11)17-4-3-12(19)16-13(17)20/h1-2,5-7H,3-4H2,(H,16,19,20). The number of amides is 3. The van der Waals surface area contributed by atoms with E-state index in [1.807, 2.05) is 0 Å². The number of nitrogens with one attached hydrogen (secondary N) is 1. The van der Waals surface area contributed by atoms with Crippen molar-refractivity contribution in [2.24, 2.45) is 0 Å². The zero-order valence-electron chi connectivity index (χ0n) is 10.4. The maximum Gasteiger partial charge on any atom is 0.328 e. The fraction of sp³-hybridized carbons (Fsp3) is 0.154. The van der Waals surface area contributed by atoms with E-state index in [1.54, 1.807) is 18.2 Å². The Morgan fingerprint density at radius 2 is 2.15 bits per heavy atom. The highest BCUT2D eigenvalue weighted by molar-refractivity contribution is 6.06. The van der Waals surface area contributed by atoms with Crippen LogP contribution < -0.4 is 10.2 Å². The van der Waals surface area contributed by atoms with Gasteiger partial charge in [-0.3, -0.25) is 19.8 Å². The summed E-state index contributed by atoms with van der Waals surface area (Å²) in [5.41, 5.74) is 1.28. The summed E-state index contributed by atoms with van der Waals surface area (Å²) in [6.07, 6.45) is 2.38. The molecule has 1 aliphatic heterocycles. The van der Waals surface area contributed by atoms with Crippen LogP contribution in [0, 0.1) is 0 Å². The van der Waals surface area contributed by atoms with Gasteiger partial charge in [-0.2, -0.15) is 0 Å². The molecule has 3 amide bonds. The third-order valence-corrected chi connectivity index (χ3v) is 3.05. The number of hydrogen-bond acceptors (Lipinski definition) is 5. The van der Waals surface area contributed by atoms with Gasteiger partial charge in [-0.05, 0) is 18.2 Å². The first-order valence-corrected chi connectivity index (χ1v) is 6.01. The molecule has 2 heterocycles. The van der Waals surface area contributed by atoms with Gasteiger partial charge < -0.3 is 0 Å². The van der Waals surface area contributed by atoms with Crippen molar-refractivity contribution in [2.75, 3.05) is 11.4 Å². The smallest absolute Gasteiger partial charge is 0.294 e. The summed E-state index contributed by atoms with van der Waals surface area (Å²) >= 11 is 0. The average Bonchev–Trinajstić information content (AvgIpc) is 2.46. The molecule has 0 spiro atoms. The lowest BCUT2D eigenvalue weighted by Gasteiger charge is -2.26. The van der Waals surface area contributed by atoms with Gasteiger partial charge in [0.25, 0.3) is 0 Å². The maximum atomic E-state index is 11.8. The minimum Gasteiger partial charge on any atom is -0.294 e. The molecule has 2 aromatic rings. The van der Waals surface area contributed by atoms with Crippen LogP contribution in [0.25, 0.3) is 10.9 Å². The van der Waals surface area contributed by atoms with Gasteiger partial charge in [0.2, 0.25) is 5.91 Å². The van der Waals surface area contributed by atoms with Crippen molar-refractivity contribution in [3.8, 4) is 0 Å². The highest BCUT2D eigenvalue weighted by Gasteiger charge is 2.24. The zero-order chi connectivity index (χ0) is 14.1. The summed E-state index contributed by atoms with van der Waals surface area (Å²) in [7, 11) is 0. The van der Waals surface area contributed by atoms with E-state index in [4.69, 9.17) is 0 Å². The normalized spacial score (nSPS) is 15.3. The molecule has 7 heteroatoms. The Bertz CT molecular complexity index is 729. The molecule has 20 heavy (non-hydrogen) atoms. The topological polar surface area (TPSA) is 92.3 Å². The van der Waals surface area contributed by atoms with E-state index >= 15 is 0 Å². The van der Waals surface area contributed by atoms with Gasteiger partial charge in [0.1, 0.15) is 0 Å². The van der Waals surface area contributed by atoms with Gasteiger partial charge in [0.05, 0.1) is 5.52 Å². The van der Waals surface area contributed by atoms with Gasteiger partial charge in [-0.15, -0.1) is 0 Å². The quantitative estimate of drug-likeness (QED) is 0.818. The molecule has 1 saturated heterocycles. The molecule has 0 unspecified atom stereocenters. The minimum atomic E-state index is -0.439. The highest BCUT2D eigenvalue weighted by atomic mass is 16.2. The molecular formula is C13H10N4O3. The van der Waals surface area contributed by atoms with Crippen LogP contribution in [0.15, 0.2) is 24.4 Å². The number of aldehydes is 1. The number of urea groups is 1. The van der Waals surface area contributed by atoms with E-state index in [0.29, 0.717) is 24.0 Å². The molecule has 100 valence electrons. The second-order valence-electron chi connectivity index (χ2n) is 4.34. The van der Waals surface area contributed by atoms with E-state index in [-0.39, 0.29) is 18.2 Å². The molecule has 1 aromatic heterocycles. The Balaban J connectivity index is 1.98. The lowest BCUT2D eigenvalue weighted by atomic mass is 10.2. The summed E-state index contributed by atoms with van der Waals surface area (Å²) in [5, 5.41) is 2.98. The molecule has 0 saturated carbocycles. The first-order chi connectivity index (χ1) is 9.67. The Labute approximate surface area is 113 Å². The number of hydrogen-bond donors (Lipinski definition) is 1. The van der Waals surface area contributed by atoms with Crippen LogP contribution in [-0.2, 0) is 4.79 Å². The Kier molecular flexibility index (Phi) is 2.86. The number of benzene rings is 1. The van der Waals surface area contributed by atoms with E-state index in [9.17, 15) is 14.4 Å². The fourth-order valence-corrected chi connectivity index (χ4v) is 2.07. The van der Waals surface area contributed by atoms with E-state index in [2.05, 4.69) is 15.3 Å². The fourth-order valence-electron chi connectivity index (χ4n) is 2.07.